The van der Waals surface area contributed by atoms with Gasteiger partial charge in [0.25, 0.3) is 0 Å². The molecule has 3 rings (SSSR count). The highest BCUT2D eigenvalue weighted by Crippen LogP contribution is 2.26. The summed E-state index contributed by atoms with van der Waals surface area (Å²) >= 11 is 0. The van der Waals surface area contributed by atoms with E-state index in [1.165, 1.54) is 4.31 Å². The minimum Gasteiger partial charge on any atom is -0.346 e. The maximum absolute atomic E-state index is 12.9. The fourth-order valence-electron chi connectivity index (χ4n) is 3.15. The molecule has 0 aliphatic carbocycles. The Morgan fingerprint density at radius 1 is 1.07 bits per heavy atom. The van der Waals surface area contributed by atoms with E-state index in [1.807, 2.05) is 13.0 Å². The molecule has 1 atom stereocenters. The van der Waals surface area contributed by atoms with Crippen LogP contribution in [0.15, 0.2) is 59.5 Å². The lowest BCUT2D eigenvalue weighted by Gasteiger charge is -2.23. The van der Waals surface area contributed by atoms with Crippen LogP contribution in [0.5, 0.6) is 0 Å². The van der Waals surface area contributed by atoms with Crippen LogP contribution >= 0.6 is 0 Å². The molecule has 2 aromatic carbocycles. The molecule has 1 unspecified atom stereocenters. The van der Waals surface area contributed by atoms with Gasteiger partial charge in [-0.25, -0.2) is 8.42 Å². The van der Waals surface area contributed by atoms with E-state index >= 15 is 0 Å². The Hall–Kier alpha value is -2.71. The second-order valence-electron chi connectivity index (χ2n) is 6.72. The summed E-state index contributed by atoms with van der Waals surface area (Å²) in [4.78, 5) is 24.7. The van der Waals surface area contributed by atoms with Gasteiger partial charge in [0.1, 0.15) is 6.04 Å². The van der Waals surface area contributed by atoms with Gasteiger partial charge in [0.05, 0.1) is 11.4 Å². The predicted molar refractivity (Wildman–Crippen MR) is 106 cm³/mol. The van der Waals surface area contributed by atoms with Crippen molar-refractivity contribution in [2.75, 3.05) is 18.4 Å². The largest absolute Gasteiger partial charge is 0.346 e. The molecule has 2 amide bonds. The summed E-state index contributed by atoms with van der Waals surface area (Å²) in [5.41, 5.74) is 1.59. The average molecular weight is 401 g/mol. The van der Waals surface area contributed by atoms with Gasteiger partial charge in [-0.05, 0) is 44.0 Å². The maximum Gasteiger partial charge on any atom is 0.243 e. The summed E-state index contributed by atoms with van der Waals surface area (Å²) in [6, 6.07) is 14.6. The molecule has 1 fully saturated rings. The smallest absolute Gasteiger partial charge is 0.243 e. The van der Waals surface area contributed by atoms with Gasteiger partial charge in [0, 0.05) is 12.2 Å². The van der Waals surface area contributed by atoms with Crippen molar-refractivity contribution in [3.8, 4) is 0 Å². The molecule has 0 spiro atoms. The van der Waals surface area contributed by atoms with Gasteiger partial charge in [0.15, 0.2) is 0 Å². The van der Waals surface area contributed by atoms with Crippen molar-refractivity contribution >= 4 is 27.5 Å². The molecule has 1 aliphatic rings. The zero-order valence-corrected chi connectivity index (χ0v) is 16.4. The van der Waals surface area contributed by atoms with Gasteiger partial charge < -0.3 is 10.6 Å². The molecule has 0 radical (unpaired) electrons. The molecule has 1 saturated heterocycles. The number of rotatable bonds is 6. The first-order valence-corrected chi connectivity index (χ1v) is 10.5. The Balaban J connectivity index is 1.62. The van der Waals surface area contributed by atoms with Crippen LogP contribution < -0.4 is 10.6 Å². The van der Waals surface area contributed by atoms with Crippen LogP contribution in [0.2, 0.25) is 0 Å². The molecule has 7 nitrogen and oxygen atoms in total. The van der Waals surface area contributed by atoms with Gasteiger partial charge in [-0.2, -0.15) is 4.31 Å². The molecule has 148 valence electrons. The number of carbonyl (C=O) groups is 2. The van der Waals surface area contributed by atoms with Crippen molar-refractivity contribution in [2.45, 2.75) is 30.7 Å². The number of amides is 2. The lowest BCUT2D eigenvalue weighted by molar-refractivity contribution is -0.126. The molecule has 0 saturated carbocycles. The van der Waals surface area contributed by atoms with Gasteiger partial charge >= 0.3 is 0 Å². The molecule has 2 N–H and O–H groups in total. The monoisotopic (exact) mass is 401 g/mol. The van der Waals surface area contributed by atoms with Crippen LogP contribution in [-0.2, 0) is 19.6 Å². The molecule has 8 heteroatoms. The third-order valence-electron chi connectivity index (χ3n) is 4.61. The Morgan fingerprint density at radius 2 is 1.75 bits per heavy atom. The van der Waals surface area contributed by atoms with Crippen molar-refractivity contribution in [1.82, 2.24) is 9.62 Å². The molecule has 2 aromatic rings. The van der Waals surface area contributed by atoms with E-state index in [9.17, 15) is 18.0 Å². The number of hydrogen-bond acceptors (Lipinski definition) is 4. The fourth-order valence-corrected chi connectivity index (χ4v) is 4.80. The van der Waals surface area contributed by atoms with Crippen LogP contribution in [0.1, 0.15) is 18.4 Å². The average Bonchev–Trinajstić information content (AvgIpc) is 3.18. The maximum atomic E-state index is 12.9. The standard InChI is InChI=1S/C20H23N3O4S/c1-15-9-11-17(12-10-15)28(26,27)23-13-5-8-18(23)20(25)21-14-19(24)22-16-6-3-2-4-7-16/h2-4,6-7,9-12,18H,5,8,13-14H2,1H3,(H,21,25)(H,22,24). The molecular weight excluding hydrogens is 378 g/mol. The lowest BCUT2D eigenvalue weighted by atomic mass is 10.2. The van der Waals surface area contributed by atoms with Crippen LogP contribution in [-0.4, -0.2) is 43.7 Å². The summed E-state index contributed by atoms with van der Waals surface area (Å²) in [5, 5.41) is 5.23. The third kappa shape index (κ3) is 4.58. The molecule has 0 bridgehead atoms. The van der Waals surface area contributed by atoms with Crippen LogP contribution in [0.4, 0.5) is 5.69 Å². The number of aryl methyl sites for hydroxylation is 1. The molecule has 0 aromatic heterocycles. The molecular formula is C20H23N3O4S. The topological polar surface area (TPSA) is 95.6 Å². The predicted octanol–water partition coefficient (Wildman–Crippen LogP) is 1.90. The van der Waals surface area contributed by atoms with Gasteiger partial charge in [-0.3, -0.25) is 9.59 Å². The Labute approximate surface area is 164 Å². The lowest BCUT2D eigenvalue weighted by Crippen LogP contribution is -2.47. The van der Waals surface area contributed by atoms with Crippen molar-refractivity contribution < 1.29 is 18.0 Å². The first kappa shape index (κ1) is 20.0. The zero-order chi connectivity index (χ0) is 20.1. The number of sulfonamides is 1. The fraction of sp³-hybridized carbons (Fsp3) is 0.300. The van der Waals surface area contributed by atoms with Crippen LogP contribution in [0.3, 0.4) is 0 Å². The van der Waals surface area contributed by atoms with E-state index in [1.54, 1.807) is 48.5 Å². The van der Waals surface area contributed by atoms with Crippen molar-refractivity contribution in [2.24, 2.45) is 0 Å². The van der Waals surface area contributed by atoms with E-state index in [4.69, 9.17) is 0 Å². The van der Waals surface area contributed by atoms with Gasteiger partial charge in [-0.15, -0.1) is 0 Å². The highest BCUT2D eigenvalue weighted by Gasteiger charge is 2.39. The summed E-state index contributed by atoms with van der Waals surface area (Å²) in [7, 11) is -3.76. The number of nitrogens with one attached hydrogen (secondary N) is 2. The quantitative estimate of drug-likeness (QED) is 0.773. The molecule has 1 heterocycles. The van der Waals surface area contributed by atoms with E-state index in [0.717, 1.165) is 5.56 Å². The first-order chi connectivity index (χ1) is 13.4. The Morgan fingerprint density at radius 3 is 2.43 bits per heavy atom. The number of para-hydroxylation sites is 1. The number of benzene rings is 2. The summed E-state index contributed by atoms with van der Waals surface area (Å²) in [6.07, 6.45) is 1.02. The second-order valence-corrected chi connectivity index (χ2v) is 8.61. The van der Waals surface area contributed by atoms with E-state index in [2.05, 4.69) is 10.6 Å². The summed E-state index contributed by atoms with van der Waals surface area (Å²) in [5.74, 6) is -0.832. The highest BCUT2D eigenvalue weighted by molar-refractivity contribution is 7.89. The van der Waals surface area contributed by atoms with Crippen molar-refractivity contribution in [3.05, 3.63) is 60.2 Å². The van der Waals surface area contributed by atoms with Crippen molar-refractivity contribution in [3.63, 3.8) is 0 Å². The molecule has 1 aliphatic heterocycles. The zero-order valence-electron chi connectivity index (χ0n) is 15.6. The van der Waals surface area contributed by atoms with Crippen LogP contribution in [0, 0.1) is 6.92 Å². The number of anilines is 1. The number of hydrogen-bond donors (Lipinski definition) is 2. The Kier molecular flexibility index (Phi) is 6.11. The summed E-state index contributed by atoms with van der Waals surface area (Å²) < 4.78 is 27.0. The Bertz CT molecular complexity index is 943. The summed E-state index contributed by atoms with van der Waals surface area (Å²) in [6.45, 7) is 1.94. The van der Waals surface area contributed by atoms with E-state index < -0.39 is 22.0 Å². The third-order valence-corrected chi connectivity index (χ3v) is 6.54. The number of carbonyl (C=O) groups excluding carboxylic acids is 2. The minimum absolute atomic E-state index is 0.166. The highest BCUT2D eigenvalue weighted by atomic mass is 32.2. The number of nitrogens with zero attached hydrogens (tertiary/aromatic N) is 1. The van der Waals surface area contributed by atoms with Crippen molar-refractivity contribution in [1.29, 1.82) is 0 Å². The first-order valence-electron chi connectivity index (χ1n) is 9.09. The minimum atomic E-state index is -3.76. The normalized spacial score (nSPS) is 17.2. The van der Waals surface area contributed by atoms with Gasteiger partial charge in [0.2, 0.25) is 21.8 Å². The SMILES string of the molecule is Cc1ccc(S(=O)(=O)N2CCCC2C(=O)NCC(=O)Nc2ccccc2)cc1. The van der Waals surface area contributed by atoms with Crippen LogP contribution in [0.25, 0.3) is 0 Å². The van der Waals surface area contributed by atoms with E-state index in [0.29, 0.717) is 18.5 Å². The van der Waals surface area contributed by atoms with Gasteiger partial charge in [-0.1, -0.05) is 35.9 Å². The molecule has 28 heavy (non-hydrogen) atoms. The van der Waals surface area contributed by atoms with E-state index in [-0.39, 0.29) is 23.9 Å². The second kappa shape index (κ2) is 8.53.